The summed E-state index contributed by atoms with van der Waals surface area (Å²) in [6.45, 7) is 3.36. The van der Waals surface area contributed by atoms with E-state index in [-0.39, 0.29) is 10.8 Å². The van der Waals surface area contributed by atoms with E-state index in [1.54, 1.807) is 19.9 Å². The number of benzene rings is 2. The number of aryl methyl sites for hydroxylation is 1. The van der Waals surface area contributed by atoms with Crippen molar-refractivity contribution in [3.05, 3.63) is 58.1 Å². The number of hydrogen-bond donors (Lipinski definition) is 1. The van der Waals surface area contributed by atoms with Crippen LogP contribution in [0.4, 0.5) is 8.78 Å². The average molecular weight is 298 g/mol. The molecule has 2 N–H and O–H groups in total. The third-order valence-electron chi connectivity index (χ3n) is 2.90. The van der Waals surface area contributed by atoms with E-state index in [0.29, 0.717) is 22.6 Å². The molecular weight excluding hydrogens is 284 g/mol. The van der Waals surface area contributed by atoms with Crippen LogP contribution in [0.3, 0.4) is 0 Å². The van der Waals surface area contributed by atoms with Crippen molar-refractivity contribution >= 4 is 11.6 Å². The maximum Gasteiger partial charge on any atom is 0.142 e. The highest BCUT2D eigenvalue weighted by molar-refractivity contribution is 6.30. The minimum atomic E-state index is -0.526. The van der Waals surface area contributed by atoms with E-state index < -0.39 is 11.9 Å². The van der Waals surface area contributed by atoms with Gasteiger partial charge in [-0.05, 0) is 43.7 Å². The van der Waals surface area contributed by atoms with E-state index in [1.165, 1.54) is 24.3 Å². The molecule has 0 bridgehead atoms. The van der Waals surface area contributed by atoms with E-state index in [4.69, 9.17) is 22.1 Å². The largest absolute Gasteiger partial charge is 0.457 e. The third-order valence-corrected chi connectivity index (χ3v) is 3.19. The second kappa shape index (κ2) is 5.77. The van der Waals surface area contributed by atoms with Crippen molar-refractivity contribution in [2.45, 2.75) is 19.9 Å². The lowest BCUT2D eigenvalue weighted by Crippen LogP contribution is -2.08. The third kappa shape index (κ3) is 3.08. The lowest BCUT2D eigenvalue weighted by molar-refractivity contribution is 0.466. The monoisotopic (exact) mass is 297 g/mol. The fourth-order valence-corrected chi connectivity index (χ4v) is 1.95. The standard InChI is InChI=1S/C15H14ClF2NO/c1-8-5-15(11(9(2)19)7-14(8)18)20-10-3-4-13(17)12(16)6-10/h3-7,9H,19H2,1-2H3/t9-/m0/s1. The fraction of sp³-hybridized carbons (Fsp3) is 0.200. The van der Waals surface area contributed by atoms with Crippen molar-refractivity contribution in [3.63, 3.8) is 0 Å². The molecule has 1 atom stereocenters. The SMILES string of the molecule is Cc1cc(Oc2ccc(F)c(Cl)c2)c([C@H](C)N)cc1F. The Morgan fingerprint density at radius 1 is 1.15 bits per heavy atom. The lowest BCUT2D eigenvalue weighted by Gasteiger charge is -2.15. The zero-order chi connectivity index (χ0) is 14.9. The summed E-state index contributed by atoms with van der Waals surface area (Å²) in [4.78, 5) is 0. The summed E-state index contributed by atoms with van der Waals surface area (Å²) >= 11 is 5.70. The van der Waals surface area contributed by atoms with Crippen LogP contribution in [0.2, 0.25) is 5.02 Å². The summed E-state index contributed by atoms with van der Waals surface area (Å²) in [6.07, 6.45) is 0. The van der Waals surface area contributed by atoms with E-state index in [2.05, 4.69) is 0 Å². The van der Waals surface area contributed by atoms with Crippen LogP contribution in [0.5, 0.6) is 11.5 Å². The Labute approximate surface area is 121 Å². The Balaban J connectivity index is 2.41. The van der Waals surface area contributed by atoms with Crippen LogP contribution >= 0.6 is 11.6 Å². The number of hydrogen-bond acceptors (Lipinski definition) is 2. The van der Waals surface area contributed by atoms with Crippen molar-refractivity contribution in [3.8, 4) is 11.5 Å². The molecule has 2 nitrogen and oxygen atoms in total. The summed E-state index contributed by atoms with van der Waals surface area (Å²) in [7, 11) is 0. The van der Waals surface area contributed by atoms with Crippen LogP contribution in [0, 0.1) is 18.6 Å². The first-order valence-corrected chi connectivity index (χ1v) is 6.45. The molecule has 0 aliphatic carbocycles. The maximum absolute atomic E-state index is 13.6. The topological polar surface area (TPSA) is 35.2 Å². The number of halogens is 3. The molecule has 5 heteroatoms. The molecule has 0 heterocycles. The molecule has 0 saturated heterocycles. The molecule has 0 radical (unpaired) electrons. The smallest absolute Gasteiger partial charge is 0.142 e. The van der Waals surface area contributed by atoms with Crippen molar-refractivity contribution < 1.29 is 13.5 Å². The normalized spacial score (nSPS) is 12.3. The van der Waals surface area contributed by atoms with Gasteiger partial charge in [0.1, 0.15) is 23.1 Å². The molecule has 0 saturated carbocycles. The van der Waals surface area contributed by atoms with Gasteiger partial charge in [0.2, 0.25) is 0 Å². The van der Waals surface area contributed by atoms with Gasteiger partial charge in [0.25, 0.3) is 0 Å². The first-order valence-electron chi connectivity index (χ1n) is 6.07. The van der Waals surface area contributed by atoms with E-state index in [0.717, 1.165) is 0 Å². The van der Waals surface area contributed by atoms with Gasteiger partial charge in [-0.2, -0.15) is 0 Å². The molecule has 0 aliphatic heterocycles. The zero-order valence-corrected chi connectivity index (χ0v) is 11.8. The summed E-state index contributed by atoms with van der Waals surface area (Å²) in [5, 5.41) is -0.0383. The van der Waals surface area contributed by atoms with Gasteiger partial charge in [-0.25, -0.2) is 8.78 Å². The molecular formula is C15H14ClF2NO. The second-order valence-electron chi connectivity index (χ2n) is 4.61. The highest BCUT2D eigenvalue weighted by Crippen LogP contribution is 2.32. The Kier molecular flexibility index (Phi) is 4.26. The number of rotatable bonds is 3. The highest BCUT2D eigenvalue weighted by atomic mass is 35.5. The average Bonchev–Trinajstić information content (AvgIpc) is 2.37. The summed E-state index contributed by atoms with van der Waals surface area (Å²) < 4.78 is 32.3. The van der Waals surface area contributed by atoms with Crippen LogP contribution in [0.15, 0.2) is 30.3 Å². The Hall–Kier alpha value is -1.65. The van der Waals surface area contributed by atoms with Gasteiger partial charge < -0.3 is 10.5 Å². The molecule has 2 rings (SSSR count). The van der Waals surface area contributed by atoms with Crippen LogP contribution in [0.1, 0.15) is 24.1 Å². The molecule has 2 aromatic rings. The predicted octanol–water partition coefficient (Wildman–Crippen LogP) is 4.74. The summed E-state index contributed by atoms with van der Waals surface area (Å²) in [5.41, 5.74) is 6.79. The molecule has 0 spiro atoms. The van der Waals surface area contributed by atoms with Gasteiger partial charge in [0.15, 0.2) is 0 Å². The summed E-state index contributed by atoms with van der Waals surface area (Å²) in [5.74, 6) is -0.0746. The van der Waals surface area contributed by atoms with Crippen molar-refractivity contribution in [2.24, 2.45) is 5.73 Å². The van der Waals surface area contributed by atoms with Crippen LogP contribution in [-0.4, -0.2) is 0 Å². The maximum atomic E-state index is 13.6. The van der Waals surface area contributed by atoms with Crippen molar-refractivity contribution in [2.75, 3.05) is 0 Å². The zero-order valence-electron chi connectivity index (χ0n) is 11.1. The fourth-order valence-electron chi connectivity index (χ4n) is 1.78. The molecule has 0 unspecified atom stereocenters. The first-order chi connectivity index (χ1) is 9.38. The Bertz CT molecular complexity index is 644. The van der Waals surface area contributed by atoms with Gasteiger partial charge in [-0.1, -0.05) is 11.6 Å². The van der Waals surface area contributed by atoms with Gasteiger partial charge in [-0.15, -0.1) is 0 Å². The van der Waals surface area contributed by atoms with Gasteiger partial charge in [0.05, 0.1) is 5.02 Å². The van der Waals surface area contributed by atoms with E-state index in [1.807, 2.05) is 0 Å². The van der Waals surface area contributed by atoms with Crippen LogP contribution in [-0.2, 0) is 0 Å². The molecule has 20 heavy (non-hydrogen) atoms. The highest BCUT2D eigenvalue weighted by Gasteiger charge is 2.13. The van der Waals surface area contributed by atoms with Gasteiger partial charge in [-0.3, -0.25) is 0 Å². The minimum absolute atomic E-state index is 0.0383. The Morgan fingerprint density at radius 3 is 2.45 bits per heavy atom. The number of nitrogens with two attached hydrogens (primary N) is 1. The molecule has 106 valence electrons. The van der Waals surface area contributed by atoms with Crippen molar-refractivity contribution in [1.29, 1.82) is 0 Å². The molecule has 0 aromatic heterocycles. The number of ether oxygens (including phenoxy) is 1. The van der Waals surface area contributed by atoms with E-state index >= 15 is 0 Å². The predicted molar refractivity (Wildman–Crippen MR) is 75.2 cm³/mol. The minimum Gasteiger partial charge on any atom is -0.457 e. The van der Waals surface area contributed by atoms with Gasteiger partial charge >= 0.3 is 0 Å². The lowest BCUT2D eigenvalue weighted by atomic mass is 10.1. The second-order valence-corrected chi connectivity index (χ2v) is 5.01. The Morgan fingerprint density at radius 2 is 1.85 bits per heavy atom. The van der Waals surface area contributed by atoms with Crippen LogP contribution in [0.25, 0.3) is 0 Å². The quantitative estimate of drug-likeness (QED) is 0.888. The van der Waals surface area contributed by atoms with Crippen molar-refractivity contribution in [1.82, 2.24) is 0 Å². The molecule has 0 amide bonds. The molecule has 0 aliphatic rings. The molecule has 0 fully saturated rings. The molecule has 2 aromatic carbocycles. The first kappa shape index (κ1) is 14.8. The van der Waals surface area contributed by atoms with E-state index in [9.17, 15) is 8.78 Å². The summed E-state index contributed by atoms with van der Waals surface area (Å²) in [6, 6.07) is 6.53. The van der Waals surface area contributed by atoms with Gasteiger partial charge in [0, 0.05) is 17.7 Å². The van der Waals surface area contributed by atoms with Crippen LogP contribution < -0.4 is 10.5 Å².